The Kier molecular flexibility index (Phi) is 3.42. The number of nitriles is 1. The van der Waals surface area contributed by atoms with Crippen molar-refractivity contribution >= 4 is 0 Å². The van der Waals surface area contributed by atoms with Crippen molar-refractivity contribution in [2.24, 2.45) is 0 Å². The zero-order chi connectivity index (χ0) is 13.1. The van der Waals surface area contributed by atoms with Crippen LogP contribution in [0, 0.1) is 24.1 Å². The van der Waals surface area contributed by atoms with E-state index in [1.807, 2.05) is 13.8 Å². The third-order valence-corrected chi connectivity index (χ3v) is 2.91. The quantitative estimate of drug-likeness (QED) is 0.896. The number of benzene rings is 1. The minimum atomic E-state index is -0.268. The van der Waals surface area contributed by atoms with Gasteiger partial charge in [0.2, 0.25) is 0 Å². The zero-order valence-corrected chi connectivity index (χ0v) is 10.4. The van der Waals surface area contributed by atoms with E-state index >= 15 is 0 Å². The van der Waals surface area contributed by atoms with Gasteiger partial charge in [-0.25, -0.2) is 9.37 Å². The summed E-state index contributed by atoms with van der Waals surface area (Å²) in [4.78, 5) is 7.58. The average Bonchev–Trinajstić information content (AvgIpc) is 2.74. The van der Waals surface area contributed by atoms with Gasteiger partial charge in [0.05, 0.1) is 11.8 Å². The van der Waals surface area contributed by atoms with Gasteiger partial charge in [0.25, 0.3) is 0 Å². The van der Waals surface area contributed by atoms with E-state index < -0.39 is 0 Å². The molecule has 1 heterocycles. The highest BCUT2D eigenvalue weighted by Crippen LogP contribution is 2.25. The van der Waals surface area contributed by atoms with Crippen LogP contribution in [0.5, 0.6) is 0 Å². The zero-order valence-electron chi connectivity index (χ0n) is 10.4. The number of imidazole rings is 1. The first-order valence-electron chi connectivity index (χ1n) is 5.87. The van der Waals surface area contributed by atoms with Gasteiger partial charge in [-0.1, -0.05) is 6.92 Å². The molecule has 1 aromatic heterocycles. The van der Waals surface area contributed by atoms with Crippen LogP contribution in [0.15, 0.2) is 24.3 Å². The molecular formula is C14H14FN3. The number of halogens is 1. The van der Waals surface area contributed by atoms with E-state index in [2.05, 4.69) is 16.0 Å². The first-order chi connectivity index (χ1) is 8.65. The normalized spacial score (nSPS) is 12.1. The SMILES string of the molecule is CCC(C#N)c1nc(-c2ccc(F)cc2)c(C)[nH]1. The first kappa shape index (κ1) is 12.3. The van der Waals surface area contributed by atoms with Gasteiger partial charge in [0.15, 0.2) is 0 Å². The second kappa shape index (κ2) is 5.01. The lowest BCUT2D eigenvalue weighted by molar-refractivity contribution is 0.628. The Bertz CT molecular complexity index is 578. The summed E-state index contributed by atoms with van der Waals surface area (Å²) in [5.41, 5.74) is 2.52. The van der Waals surface area contributed by atoms with Crippen LogP contribution in [0.3, 0.4) is 0 Å². The Hall–Kier alpha value is -2.15. The lowest BCUT2D eigenvalue weighted by Crippen LogP contribution is -1.96. The van der Waals surface area contributed by atoms with E-state index in [-0.39, 0.29) is 11.7 Å². The average molecular weight is 243 g/mol. The molecule has 0 saturated heterocycles. The third-order valence-electron chi connectivity index (χ3n) is 2.91. The molecule has 0 aliphatic carbocycles. The molecule has 0 radical (unpaired) electrons. The van der Waals surface area contributed by atoms with Crippen LogP contribution in [0.2, 0.25) is 0 Å². The molecule has 1 aromatic carbocycles. The van der Waals surface area contributed by atoms with Crippen LogP contribution in [0.1, 0.15) is 30.8 Å². The van der Waals surface area contributed by atoms with E-state index in [0.717, 1.165) is 17.0 Å². The molecule has 0 aliphatic heterocycles. The molecule has 1 unspecified atom stereocenters. The van der Waals surface area contributed by atoms with Crippen LogP contribution in [-0.4, -0.2) is 9.97 Å². The van der Waals surface area contributed by atoms with Crippen molar-refractivity contribution in [3.8, 4) is 17.3 Å². The highest BCUT2D eigenvalue weighted by molar-refractivity contribution is 5.61. The summed E-state index contributed by atoms with van der Waals surface area (Å²) in [5.74, 6) is 0.186. The van der Waals surface area contributed by atoms with Gasteiger partial charge in [-0.3, -0.25) is 0 Å². The van der Waals surface area contributed by atoms with Crippen LogP contribution in [-0.2, 0) is 0 Å². The van der Waals surface area contributed by atoms with Crippen LogP contribution in [0.4, 0.5) is 4.39 Å². The number of aromatic amines is 1. The molecule has 1 atom stereocenters. The molecule has 4 heteroatoms. The van der Waals surface area contributed by atoms with E-state index in [4.69, 9.17) is 5.26 Å². The highest BCUT2D eigenvalue weighted by atomic mass is 19.1. The van der Waals surface area contributed by atoms with E-state index in [1.54, 1.807) is 12.1 Å². The van der Waals surface area contributed by atoms with Crippen molar-refractivity contribution < 1.29 is 4.39 Å². The van der Waals surface area contributed by atoms with Gasteiger partial charge in [-0.15, -0.1) is 0 Å². The molecule has 0 saturated carbocycles. The molecular weight excluding hydrogens is 229 g/mol. The smallest absolute Gasteiger partial charge is 0.124 e. The Morgan fingerprint density at radius 2 is 2.06 bits per heavy atom. The predicted molar refractivity (Wildman–Crippen MR) is 67.4 cm³/mol. The van der Waals surface area contributed by atoms with Gasteiger partial charge in [-0.2, -0.15) is 5.26 Å². The van der Waals surface area contributed by atoms with Gasteiger partial charge >= 0.3 is 0 Å². The maximum atomic E-state index is 12.9. The second-order valence-corrected chi connectivity index (χ2v) is 4.19. The van der Waals surface area contributed by atoms with Gasteiger partial charge in [0.1, 0.15) is 17.6 Å². The summed E-state index contributed by atoms with van der Waals surface area (Å²) in [6.45, 7) is 3.85. The summed E-state index contributed by atoms with van der Waals surface area (Å²) in [6.07, 6.45) is 0.715. The molecule has 2 aromatic rings. The van der Waals surface area contributed by atoms with Gasteiger partial charge < -0.3 is 4.98 Å². The molecule has 0 bridgehead atoms. The van der Waals surface area contributed by atoms with Crippen LogP contribution in [0.25, 0.3) is 11.3 Å². The van der Waals surface area contributed by atoms with E-state index in [0.29, 0.717) is 12.2 Å². The number of aromatic nitrogens is 2. The fourth-order valence-electron chi connectivity index (χ4n) is 1.88. The predicted octanol–water partition coefficient (Wildman–Crippen LogP) is 3.54. The van der Waals surface area contributed by atoms with E-state index in [1.165, 1.54) is 12.1 Å². The van der Waals surface area contributed by atoms with Crippen molar-refractivity contribution in [3.05, 3.63) is 41.6 Å². The lowest BCUT2D eigenvalue weighted by Gasteiger charge is -2.00. The fourth-order valence-corrected chi connectivity index (χ4v) is 1.88. The molecule has 0 amide bonds. The van der Waals surface area contributed by atoms with Crippen LogP contribution >= 0.6 is 0 Å². The van der Waals surface area contributed by atoms with Crippen molar-refractivity contribution in [1.29, 1.82) is 5.26 Å². The third kappa shape index (κ3) is 2.25. The minimum Gasteiger partial charge on any atom is -0.344 e. The standard InChI is InChI=1S/C14H14FN3/c1-3-10(8-16)14-17-9(2)13(18-14)11-4-6-12(15)7-5-11/h4-7,10H,3H2,1-2H3,(H,17,18). The number of aryl methyl sites for hydroxylation is 1. The maximum Gasteiger partial charge on any atom is 0.124 e. The highest BCUT2D eigenvalue weighted by Gasteiger charge is 2.15. The maximum absolute atomic E-state index is 12.9. The summed E-state index contributed by atoms with van der Waals surface area (Å²) in [5, 5.41) is 9.03. The molecule has 18 heavy (non-hydrogen) atoms. The fraction of sp³-hybridized carbons (Fsp3) is 0.286. The number of nitrogens with zero attached hydrogens (tertiary/aromatic N) is 2. The molecule has 1 N–H and O–H groups in total. The molecule has 92 valence electrons. The van der Waals surface area contributed by atoms with Crippen molar-refractivity contribution in [2.45, 2.75) is 26.2 Å². The molecule has 0 spiro atoms. The molecule has 3 nitrogen and oxygen atoms in total. The molecule has 0 aliphatic rings. The van der Waals surface area contributed by atoms with Gasteiger partial charge in [-0.05, 0) is 37.6 Å². The number of H-pyrrole nitrogens is 1. The van der Waals surface area contributed by atoms with Gasteiger partial charge in [0, 0.05) is 11.3 Å². The summed E-state index contributed by atoms with van der Waals surface area (Å²) in [7, 11) is 0. The molecule has 0 fully saturated rings. The number of nitrogens with one attached hydrogen (secondary N) is 1. The van der Waals surface area contributed by atoms with Crippen LogP contribution < -0.4 is 0 Å². The topological polar surface area (TPSA) is 52.5 Å². The second-order valence-electron chi connectivity index (χ2n) is 4.19. The van der Waals surface area contributed by atoms with Crippen molar-refractivity contribution in [2.75, 3.05) is 0 Å². The number of rotatable bonds is 3. The van der Waals surface area contributed by atoms with E-state index in [9.17, 15) is 4.39 Å². The first-order valence-corrected chi connectivity index (χ1v) is 5.87. The number of hydrogen-bond acceptors (Lipinski definition) is 2. The summed E-state index contributed by atoms with van der Waals surface area (Å²) in [6, 6.07) is 8.41. The lowest BCUT2D eigenvalue weighted by atomic mass is 10.1. The Morgan fingerprint density at radius 1 is 1.39 bits per heavy atom. The monoisotopic (exact) mass is 243 g/mol. The Labute approximate surface area is 105 Å². The Morgan fingerprint density at radius 3 is 2.61 bits per heavy atom. The minimum absolute atomic E-state index is 0.224. The molecule has 2 rings (SSSR count). The summed E-state index contributed by atoms with van der Waals surface area (Å²) >= 11 is 0. The van der Waals surface area contributed by atoms with Crippen molar-refractivity contribution in [1.82, 2.24) is 9.97 Å². The Balaban J connectivity index is 2.41. The van der Waals surface area contributed by atoms with Crippen molar-refractivity contribution in [3.63, 3.8) is 0 Å². The summed E-state index contributed by atoms with van der Waals surface area (Å²) < 4.78 is 12.9. The number of hydrogen-bond donors (Lipinski definition) is 1. The largest absolute Gasteiger partial charge is 0.344 e.